The fraction of sp³-hybridized carbons (Fsp3) is 0.381. The molecule has 27 heavy (non-hydrogen) atoms. The number of hydrogen-bond donors (Lipinski definition) is 1. The molecule has 0 saturated carbocycles. The zero-order valence-corrected chi connectivity index (χ0v) is 16.0. The Morgan fingerprint density at radius 1 is 1.15 bits per heavy atom. The van der Waals surface area contributed by atoms with Crippen LogP contribution in [0.3, 0.4) is 0 Å². The van der Waals surface area contributed by atoms with Crippen LogP contribution in [-0.2, 0) is 11.2 Å². The Morgan fingerprint density at radius 3 is 2.59 bits per heavy atom. The summed E-state index contributed by atoms with van der Waals surface area (Å²) >= 11 is 0. The molecule has 6 nitrogen and oxygen atoms in total. The number of aryl methyl sites for hydroxylation is 1. The molecule has 0 spiro atoms. The molecule has 1 atom stereocenters. The summed E-state index contributed by atoms with van der Waals surface area (Å²) in [6, 6.07) is 13.8. The number of nitrogens with zero attached hydrogens (tertiary/aromatic N) is 1. The molecule has 0 saturated heterocycles. The van der Waals surface area contributed by atoms with Crippen molar-refractivity contribution in [3.63, 3.8) is 0 Å². The normalized spacial score (nSPS) is 13.5. The van der Waals surface area contributed by atoms with Crippen LogP contribution in [-0.4, -0.2) is 45.3 Å². The number of fused-ring (bicyclic) bond motifs is 1. The van der Waals surface area contributed by atoms with Crippen molar-refractivity contribution in [2.75, 3.05) is 34.5 Å². The lowest BCUT2D eigenvalue weighted by atomic mass is 10.0. The van der Waals surface area contributed by atoms with E-state index in [1.54, 1.807) is 7.11 Å². The van der Waals surface area contributed by atoms with E-state index in [1.165, 1.54) is 0 Å². The van der Waals surface area contributed by atoms with Crippen molar-refractivity contribution in [2.45, 2.75) is 18.9 Å². The van der Waals surface area contributed by atoms with E-state index in [4.69, 9.17) is 14.2 Å². The fourth-order valence-electron chi connectivity index (χ4n) is 3.07. The standard InChI is InChI=1S/C21H26N2O4/c1-23(2)18(16-7-10-19-20(12-16)27-14-26-19)13-22-21(24)11-6-15-4-8-17(25-3)9-5-15/h4-5,7-10,12,18H,6,11,13-14H2,1-3H3,(H,22,24). The number of nitrogens with one attached hydrogen (secondary N) is 1. The molecule has 1 unspecified atom stereocenters. The molecule has 0 radical (unpaired) electrons. The highest BCUT2D eigenvalue weighted by atomic mass is 16.7. The van der Waals surface area contributed by atoms with E-state index in [1.807, 2.05) is 56.6 Å². The Hall–Kier alpha value is -2.73. The van der Waals surface area contributed by atoms with Crippen molar-refractivity contribution in [3.8, 4) is 17.2 Å². The molecule has 1 amide bonds. The van der Waals surface area contributed by atoms with E-state index in [-0.39, 0.29) is 18.7 Å². The third-order valence-corrected chi connectivity index (χ3v) is 4.70. The predicted octanol–water partition coefficient (Wildman–Crippen LogP) is 2.78. The first-order valence-electron chi connectivity index (χ1n) is 9.02. The van der Waals surface area contributed by atoms with Gasteiger partial charge in [-0.3, -0.25) is 4.79 Å². The van der Waals surface area contributed by atoms with E-state index >= 15 is 0 Å². The van der Waals surface area contributed by atoms with Gasteiger partial charge in [0.15, 0.2) is 11.5 Å². The second-order valence-electron chi connectivity index (χ2n) is 6.74. The lowest BCUT2D eigenvalue weighted by Gasteiger charge is -2.25. The molecule has 2 aromatic rings. The van der Waals surface area contributed by atoms with E-state index in [9.17, 15) is 4.79 Å². The largest absolute Gasteiger partial charge is 0.497 e. The molecular weight excluding hydrogens is 344 g/mol. The first-order chi connectivity index (χ1) is 13.1. The molecular formula is C21H26N2O4. The number of methoxy groups -OCH3 is 1. The smallest absolute Gasteiger partial charge is 0.231 e. The van der Waals surface area contributed by atoms with Crippen LogP contribution in [0.5, 0.6) is 17.2 Å². The van der Waals surface area contributed by atoms with E-state index in [2.05, 4.69) is 10.2 Å². The van der Waals surface area contributed by atoms with Crippen molar-refractivity contribution in [1.82, 2.24) is 10.2 Å². The summed E-state index contributed by atoms with van der Waals surface area (Å²) in [6.45, 7) is 0.793. The highest BCUT2D eigenvalue weighted by Crippen LogP contribution is 2.34. The summed E-state index contributed by atoms with van der Waals surface area (Å²) in [5, 5.41) is 3.05. The monoisotopic (exact) mass is 370 g/mol. The van der Waals surface area contributed by atoms with Crippen LogP contribution in [0.25, 0.3) is 0 Å². The van der Waals surface area contributed by atoms with Crippen LogP contribution in [0.1, 0.15) is 23.6 Å². The van der Waals surface area contributed by atoms with Gasteiger partial charge >= 0.3 is 0 Å². The lowest BCUT2D eigenvalue weighted by Crippen LogP contribution is -2.34. The lowest BCUT2D eigenvalue weighted by molar-refractivity contribution is -0.121. The number of ether oxygens (including phenoxy) is 3. The third-order valence-electron chi connectivity index (χ3n) is 4.70. The van der Waals surface area contributed by atoms with Gasteiger partial charge in [0.1, 0.15) is 5.75 Å². The maximum atomic E-state index is 12.3. The number of rotatable bonds is 8. The van der Waals surface area contributed by atoms with Crippen LogP contribution < -0.4 is 19.5 Å². The minimum atomic E-state index is 0.0402. The predicted molar refractivity (Wildman–Crippen MR) is 103 cm³/mol. The van der Waals surface area contributed by atoms with Gasteiger partial charge in [-0.15, -0.1) is 0 Å². The topological polar surface area (TPSA) is 60.0 Å². The minimum Gasteiger partial charge on any atom is -0.497 e. The summed E-state index contributed by atoms with van der Waals surface area (Å²) in [4.78, 5) is 14.4. The Bertz CT molecular complexity index is 774. The Morgan fingerprint density at radius 2 is 1.89 bits per heavy atom. The average molecular weight is 370 g/mol. The average Bonchev–Trinajstić information content (AvgIpc) is 3.14. The fourth-order valence-corrected chi connectivity index (χ4v) is 3.07. The Labute approximate surface area is 160 Å². The molecule has 3 rings (SSSR count). The van der Waals surface area contributed by atoms with Gasteiger partial charge < -0.3 is 24.4 Å². The first kappa shape index (κ1) is 19.0. The number of carbonyl (C=O) groups excluding carboxylic acids is 1. The molecule has 2 aromatic carbocycles. The Balaban J connectivity index is 1.53. The van der Waals surface area contributed by atoms with Crippen molar-refractivity contribution in [3.05, 3.63) is 53.6 Å². The second-order valence-corrected chi connectivity index (χ2v) is 6.74. The number of carbonyl (C=O) groups is 1. The molecule has 0 bridgehead atoms. The van der Waals surface area contributed by atoms with Crippen LogP contribution in [0.15, 0.2) is 42.5 Å². The summed E-state index contributed by atoms with van der Waals surface area (Å²) < 4.78 is 16.0. The van der Waals surface area contributed by atoms with Crippen molar-refractivity contribution >= 4 is 5.91 Å². The highest BCUT2D eigenvalue weighted by Gasteiger charge is 2.20. The van der Waals surface area contributed by atoms with Crippen LogP contribution in [0.2, 0.25) is 0 Å². The van der Waals surface area contributed by atoms with E-state index in [0.29, 0.717) is 19.4 Å². The van der Waals surface area contributed by atoms with Gasteiger partial charge in [-0.2, -0.15) is 0 Å². The van der Waals surface area contributed by atoms with Gasteiger partial charge in [0.2, 0.25) is 12.7 Å². The maximum absolute atomic E-state index is 12.3. The van der Waals surface area contributed by atoms with Gasteiger partial charge in [-0.05, 0) is 55.9 Å². The molecule has 0 fully saturated rings. The quantitative estimate of drug-likeness (QED) is 0.774. The number of likely N-dealkylation sites (N-methyl/N-ethyl adjacent to an activating group) is 1. The molecule has 1 N–H and O–H groups in total. The summed E-state index contributed by atoms with van der Waals surface area (Å²) in [5.41, 5.74) is 2.20. The molecule has 1 aliphatic heterocycles. The molecule has 1 aliphatic rings. The zero-order chi connectivity index (χ0) is 19.2. The van der Waals surface area contributed by atoms with Crippen molar-refractivity contribution in [1.29, 1.82) is 0 Å². The van der Waals surface area contributed by atoms with Gasteiger partial charge in [-0.25, -0.2) is 0 Å². The summed E-state index contributed by atoms with van der Waals surface area (Å²) in [7, 11) is 5.64. The van der Waals surface area contributed by atoms with Crippen LogP contribution in [0.4, 0.5) is 0 Å². The molecule has 144 valence electrons. The number of amides is 1. The van der Waals surface area contributed by atoms with E-state index < -0.39 is 0 Å². The van der Waals surface area contributed by atoms with Crippen LogP contribution in [0, 0.1) is 0 Å². The third kappa shape index (κ3) is 4.92. The maximum Gasteiger partial charge on any atom is 0.231 e. The van der Waals surface area contributed by atoms with E-state index in [0.717, 1.165) is 28.4 Å². The first-order valence-corrected chi connectivity index (χ1v) is 9.02. The van der Waals surface area contributed by atoms with Crippen molar-refractivity contribution < 1.29 is 19.0 Å². The Kier molecular flexibility index (Phi) is 6.19. The van der Waals surface area contributed by atoms with Gasteiger partial charge in [0.05, 0.1) is 13.2 Å². The SMILES string of the molecule is COc1ccc(CCC(=O)NCC(c2ccc3c(c2)OCO3)N(C)C)cc1. The minimum absolute atomic E-state index is 0.0402. The number of hydrogen-bond acceptors (Lipinski definition) is 5. The summed E-state index contributed by atoms with van der Waals surface area (Å²) in [5.74, 6) is 2.38. The summed E-state index contributed by atoms with van der Waals surface area (Å²) in [6.07, 6.45) is 1.15. The second kappa shape index (κ2) is 8.77. The molecule has 6 heteroatoms. The molecule has 1 heterocycles. The van der Waals surface area contributed by atoms with Gasteiger partial charge in [0, 0.05) is 13.0 Å². The molecule has 0 aliphatic carbocycles. The van der Waals surface area contributed by atoms with Crippen LogP contribution >= 0.6 is 0 Å². The van der Waals surface area contributed by atoms with Gasteiger partial charge in [0.25, 0.3) is 0 Å². The number of benzene rings is 2. The van der Waals surface area contributed by atoms with Gasteiger partial charge in [-0.1, -0.05) is 18.2 Å². The van der Waals surface area contributed by atoms with Crippen molar-refractivity contribution in [2.24, 2.45) is 0 Å². The molecule has 0 aromatic heterocycles. The highest BCUT2D eigenvalue weighted by molar-refractivity contribution is 5.76. The zero-order valence-electron chi connectivity index (χ0n) is 16.0.